The van der Waals surface area contributed by atoms with E-state index in [2.05, 4.69) is 27.1 Å². The van der Waals surface area contributed by atoms with E-state index in [4.69, 9.17) is 0 Å². The molecule has 1 fully saturated rings. The molecular weight excluding hydrogens is 297 g/mol. The van der Waals surface area contributed by atoms with E-state index in [0.717, 1.165) is 32.0 Å². The zero-order valence-electron chi connectivity index (χ0n) is 12.5. The number of alkyl halides is 3. The number of H-pyrrole nitrogens is 1. The first-order chi connectivity index (χ1) is 10.3. The Bertz CT molecular complexity index is 536. The van der Waals surface area contributed by atoms with Gasteiger partial charge in [-0.25, -0.2) is 4.98 Å². The summed E-state index contributed by atoms with van der Waals surface area (Å²) in [6, 6.07) is 0.458. The van der Waals surface area contributed by atoms with Crippen LogP contribution in [0.15, 0.2) is 10.9 Å². The van der Waals surface area contributed by atoms with Gasteiger partial charge in [0.2, 0.25) is 5.95 Å². The van der Waals surface area contributed by atoms with Crippen molar-refractivity contribution in [2.75, 3.05) is 31.5 Å². The maximum Gasteiger partial charge on any atom is 0.433 e. The van der Waals surface area contributed by atoms with Crippen molar-refractivity contribution >= 4 is 5.95 Å². The maximum absolute atomic E-state index is 12.6. The molecular formula is C14H21F3N4O. The number of nitrogens with one attached hydrogen (secondary N) is 2. The Hall–Kier alpha value is -1.57. The minimum Gasteiger partial charge on any atom is -0.356 e. The third-order valence-corrected chi connectivity index (χ3v) is 3.85. The topological polar surface area (TPSA) is 61.0 Å². The van der Waals surface area contributed by atoms with Crippen molar-refractivity contribution in [3.63, 3.8) is 0 Å². The molecule has 2 rings (SSSR count). The molecule has 5 nitrogen and oxygen atoms in total. The average molecular weight is 318 g/mol. The van der Waals surface area contributed by atoms with Crippen molar-refractivity contribution < 1.29 is 13.2 Å². The van der Waals surface area contributed by atoms with Gasteiger partial charge in [0, 0.05) is 12.6 Å². The number of hydrogen-bond donors (Lipinski definition) is 2. The first-order valence-corrected chi connectivity index (χ1v) is 7.49. The number of likely N-dealkylation sites (tertiary alicyclic amines) is 1. The lowest BCUT2D eigenvalue weighted by Crippen LogP contribution is -2.34. The van der Waals surface area contributed by atoms with Gasteiger partial charge in [-0.15, -0.1) is 0 Å². The summed E-state index contributed by atoms with van der Waals surface area (Å²) < 4.78 is 37.7. The number of hydrogen-bond acceptors (Lipinski definition) is 4. The molecule has 0 saturated carbocycles. The van der Waals surface area contributed by atoms with Gasteiger partial charge in [-0.3, -0.25) is 9.78 Å². The number of anilines is 1. The largest absolute Gasteiger partial charge is 0.433 e. The number of nitrogens with zero attached hydrogens (tertiary/aromatic N) is 2. The van der Waals surface area contributed by atoms with Crippen LogP contribution >= 0.6 is 0 Å². The van der Waals surface area contributed by atoms with E-state index in [1.54, 1.807) is 0 Å². The van der Waals surface area contributed by atoms with Gasteiger partial charge in [0.05, 0.1) is 0 Å². The summed E-state index contributed by atoms with van der Waals surface area (Å²) in [6.45, 7) is 5.74. The highest BCUT2D eigenvalue weighted by Crippen LogP contribution is 2.26. The van der Waals surface area contributed by atoms with Gasteiger partial charge < -0.3 is 10.2 Å². The minimum absolute atomic E-state index is 0.132. The van der Waals surface area contributed by atoms with E-state index in [0.29, 0.717) is 12.6 Å². The molecule has 0 aromatic carbocycles. The van der Waals surface area contributed by atoms with Crippen molar-refractivity contribution in [1.82, 2.24) is 14.9 Å². The predicted octanol–water partition coefficient (Wildman–Crippen LogP) is 2.32. The minimum atomic E-state index is -4.62. The van der Waals surface area contributed by atoms with Crippen LogP contribution in [0, 0.1) is 5.92 Å². The number of rotatable bonds is 5. The predicted molar refractivity (Wildman–Crippen MR) is 77.8 cm³/mol. The molecule has 124 valence electrons. The molecule has 2 heterocycles. The first kappa shape index (κ1) is 16.8. The van der Waals surface area contributed by atoms with Crippen molar-refractivity contribution in [2.24, 2.45) is 5.92 Å². The molecule has 2 N–H and O–H groups in total. The summed E-state index contributed by atoms with van der Waals surface area (Å²) in [4.78, 5) is 19.2. The fourth-order valence-corrected chi connectivity index (χ4v) is 2.48. The van der Waals surface area contributed by atoms with Crippen LogP contribution in [0.2, 0.25) is 0 Å². The fourth-order valence-electron chi connectivity index (χ4n) is 2.48. The molecule has 8 heteroatoms. The van der Waals surface area contributed by atoms with Gasteiger partial charge in [0.15, 0.2) is 5.69 Å². The lowest BCUT2D eigenvalue weighted by Gasteiger charge is -2.30. The molecule has 0 unspecified atom stereocenters. The van der Waals surface area contributed by atoms with E-state index < -0.39 is 17.4 Å². The normalized spacial score (nSPS) is 17.6. The summed E-state index contributed by atoms with van der Waals surface area (Å²) in [7, 11) is 0. The van der Waals surface area contributed by atoms with E-state index in [9.17, 15) is 18.0 Å². The molecule has 0 spiro atoms. The van der Waals surface area contributed by atoms with Crippen molar-refractivity contribution in [3.8, 4) is 0 Å². The standard InChI is InChI=1S/C14H21F3N4O/c1-10-3-7-21(8-4-10)6-2-5-18-13-19-11(14(15,16)17)9-12(22)20-13/h9-10H,2-8H2,1H3,(H2,18,19,20,22). The Morgan fingerprint density at radius 2 is 2.09 bits per heavy atom. The monoisotopic (exact) mass is 318 g/mol. The summed E-state index contributed by atoms with van der Waals surface area (Å²) in [5, 5.41) is 2.75. The molecule has 1 aliphatic heterocycles. The number of aromatic amines is 1. The third kappa shape index (κ3) is 5.01. The quantitative estimate of drug-likeness (QED) is 0.818. The van der Waals surface area contributed by atoms with Gasteiger partial charge in [-0.05, 0) is 44.8 Å². The van der Waals surface area contributed by atoms with Crippen molar-refractivity contribution in [2.45, 2.75) is 32.4 Å². The van der Waals surface area contributed by atoms with Gasteiger partial charge in [0.25, 0.3) is 5.56 Å². The second-order valence-corrected chi connectivity index (χ2v) is 5.78. The molecule has 1 aromatic heterocycles. The van der Waals surface area contributed by atoms with Crippen LogP contribution in [0.5, 0.6) is 0 Å². The van der Waals surface area contributed by atoms with Crippen LogP contribution < -0.4 is 10.9 Å². The summed E-state index contributed by atoms with van der Waals surface area (Å²) in [5.41, 5.74) is -1.99. The van der Waals surface area contributed by atoms with E-state index >= 15 is 0 Å². The highest BCUT2D eigenvalue weighted by molar-refractivity contribution is 5.25. The number of piperidine rings is 1. The highest BCUT2D eigenvalue weighted by atomic mass is 19.4. The van der Waals surface area contributed by atoms with Crippen LogP contribution in [0.25, 0.3) is 0 Å². The lowest BCUT2D eigenvalue weighted by atomic mass is 9.99. The average Bonchev–Trinajstić information content (AvgIpc) is 2.44. The van der Waals surface area contributed by atoms with Crippen LogP contribution in [-0.4, -0.2) is 41.0 Å². The maximum atomic E-state index is 12.6. The third-order valence-electron chi connectivity index (χ3n) is 3.85. The molecule has 0 bridgehead atoms. The molecule has 0 aliphatic carbocycles. The first-order valence-electron chi connectivity index (χ1n) is 7.49. The zero-order valence-corrected chi connectivity index (χ0v) is 12.5. The molecule has 1 saturated heterocycles. The van der Waals surface area contributed by atoms with E-state index in [1.807, 2.05) is 0 Å². The summed E-state index contributed by atoms with van der Waals surface area (Å²) in [6.07, 6.45) is -1.45. The Morgan fingerprint density at radius 3 is 2.73 bits per heavy atom. The molecule has 0 radical (unpaired) electrons. The van der Waals surface area contributed by atoms with E-state index in [-0.39, 0.29) is 5.95 Å². The summed E-state index contributed by atoms with van der Waals surface area (Å²) in [5.74, 6) is 0.640. The zero-order chi connectivity index (χ0) is 16.2. The fraction of sp³-hybridized carbons (Fsp3) is 0.714. The van der Waals surface area contributed by atoms with Gasteiger partial charge in [-0.1, -0.05) is 6.92 Å². The molecule has 0 atom stereocenters. The smallest absolute Gasteiger partial charge is 0.356 e. The van der Waals surface area contributed by atoms with Gasteiger partial charge >= 0.3 is 6.18 Å². The van der Waals surface area contributed by atoms with Crippen LogP contribution in [0.3, 0.4) is 0 Å². The lowest BCUT2D eigenvalue weighted by molar-refractivity contribution is -0.141. The molecule has 22 heavy (non-hydrogen) atoms. The second-order valence-electron chi connectivity index (χ2n) is 5.78. The second kappa shape index (κ2) is 7.13. The molecule has 1 aliphatic rings. The number of aromatic nitrogens is 2. The molecule has 1 aromatic rings. The Labute approximate surface area is 126 Å². The summed E-state index contributed by atoms with van der Waals surface area (Å²) >= 11 is 0. The van der Waals surface area contributed by atoms with Crippen molar-refractivity contribution in [1.29, 1.82) is 0 Å². The van der Waals surface area contributed by atoms with Crippen LogP contribution in [-0.2, 0) is 6.18 Å². The van der Waals surface area contributed by atoms with Crippen LogP contribution in [0.4, 0.5) is 19.1 Å². The molecule has 0 amide bonds. The van der Waals surface area contributed by atoms with Crippen LogP contribution in [0.1, 0.15) is 31.9 Å². The SMILES string of the molecule is CC1CCN(CCCNc2nc(C(F)(F)F)cc(=O)[nH]2)CC1. The van der Waals surface area contributed by atoms with Crippen molar-refractivity contribution in [3.05, 3.63) is 22.1 Å². The highest BCUT2D eigenvalue weighted by Gasteiger charge is 2.33. The van der Waals surface area contributed by atoms with Gasteiger partial charge in [0.1, 0.15) is 0 Å². The Balaban J connectivity index is 1.79. The number of halogens is 3. The van der Waals surface area contributed by atoms with Gasteiger partial charge in [-0.2, -0.15) is 13.2 Å². The van der Waals surface area contributed by atoms with E-state index in [1.165, 1.54) is 12.8 Å². The Kier molecular flexibility index (Phi) is 5.44. The Morgan fingerprint density at radius 1 is 1.41 bits per heavy atom.